The predicted molar refractivity (Wildman–Crippen MR) is 369 cm³/mol. The highest BCUT2D eigenvalue weighted by atomic mass is 28.6. The molecule has 0 amide bonds. The minimum Gasteiger partial charge on any atom is -0.391 e. The lowest BCUT2D eigenvalue weighted by atomic mass is 10.8. The molecule has 6 aliphatic rings. The molecule has 18 atom stereocenters. The zero-order valence-electron chi connectivity index (χ0n) is 55.2. The number of rotatable bonds is 24. The van der Waals surface area contributed by atoms with E-state index in [4.69, 9.17) is 113 Å². The highest BCUT2D eigenvalue weighted by Gasteiger charge is 2.75. The predicted octanol–water partition coefficient (Wildman–Crippen LogP) is 4.10. The van der Waals surface area contributed by atoms with E-state index in [1.807, 2.05) is 0 Å². The molecule has 0 aromatic heterocycles. The van der Waals surface area contributed by atoms with Crippen molar-refractivity contribution < 1.29 is 142 Å². The van der Waals surface area contributed by atoms with Crippen LogP contribution < -0.4 is 0 Å². The number of hydrogen-bond donors (Lipinski definition) is 6. The SMILES string of the molecule is C=CC[Si]1(O)O[Si](C)(OC)O[Si]2(CC=C)O[Si](C)(O)O[Si](C)(OC)O[Si](C)(O1)O2.C=CC[Si]1(O)O[Si](CC=C)(OC)O[Si]2(CC=C)O[Si](O)(CC=C)O[Si](CC=C)(OC)O[Si](CC=C)(O1)O2.C=C[Si]1(O)O[Si](C)(OC)O[Si]2(C=C)O[Si](C)(O)O[Si](C)(OC)O[Si](C)(O1)O2. The molecule has 0 saturated carbocycles. The maximum Gasteiger partial charge on any atom is 0.511 e. The average molecular weight is 1630 g/mol. The zero-order chi connectivity index (χ0) is 70.8. The van der Waals surface area contributed by atoms with Gasteiger partial charge in [0.15, 0.2) is 0 Å². The van der Waals surface area contributed by atoms with Gasteiger partial charge in [0.2, 0.25) is 0 Å². The Bertz CT molecular complexity index is 2620. The molecule has 6 fully saturated rings. The summed E-state index contributed by atoms with van der Waals surface area (Å²) in [7, 11) is -60.6. The molecule has 532 valence electrons. The lowest BCUT2D eigenvalue weighted by molar-refractivity contribution is 0.0244. The maximum atomic E-state index is 11.7. The fourth-order valence-electron chi connectivity index (χ4n) is 9.51. The van der Waals surface area contributed by atoms with Crippen LogP contribution in [-0.4, -0.2) is 230 Å². The molecule has 6 rings (SSSR count). The van der Waals surface area contributed by atoms with Gasteiger partial charge >= 0.3 is 158 Å². The van der Waals surface area contributed by atoms with Gasteiger partial charge in [0, 0.05) is 143 Å². The van der Waals surface area contributed by atoms with E-state index in [1.165, 1.54) is 105 Å². The third-order valence-electron chi connectivity index (χ3n) is 12.8. The minimum absolute atomic E-state index is 0.0183. The van der Waals surface area contributed by atoms with Crippen molar-refractivity contribution in [1.82, 2.24) is 0 Å². The van der Waals surface area contributed by atoms with E-state index in [0.717, 1.165) is 5.70 Å². The van der Waals surface area contributed by atoms with Crippen molar-refractivity contribution in [3.8, 4) is 0 Å². The van der Waals surface area contributed by atoms with Gasteiger partial charge in [0.05, 0.1) is 0 Å². The van der Waals surface area contributed by atoms with E-state index in [-0.39, 0.29) is 48.4 Å². The van der Waals surface area contributed by atoms with Crippen molar-refractivity contribution >= 4 is 158 Å². The summed E-state index contributed by atoms with van der Waals surface area (Å²) in [6, 6.07) is 0.230. The molecular formula is C42H94O33Si18. The average Bonchev–Trinajstić information content (AvgIpc) is 0.748. The fraction of sp³-hybridized carbons (Fsp3) is 0.524. The molecule has 51 heteroatoms. The summed E-state index contributed by atoms with van der Waals surface area (Å²) in [4.78, 5) is 67.1. The molecule has 6 aliphatic heterocycles. The summed E-state index contributed by atoms with van der Waals surface area (Å²) < 4.78 is 162. The van der Waals surface area contributed by atoms with Gasteiger partial charge in [-0.1, -0.05) is 55.2 Å². The van der Waals surface area contributed by atoms with Gasteiger partial charge < -0.3 is 142 Å². The second-order valence-corrected chi connectivity index (χ2v) is 72.7. The number of fused-ring (bicyclic) bond motifs is 6. The molecule has 6 bridgehead atoms. The Morgan fingerprint density at radius 3 is 0.968 bits per heavy atom. The first-order valence-electron chi connectivity index (χ1n) is 28.3. The van der Waals surface area contributed by atoms with E-state index in [0.29, 0.717) is 0 Å². The lowest BCUT2D eigenvalue weighted by Crippen LogP contribution is -2.78. The van der Waals surface area contributed by atoms with Gasteiger partial charge in [-0.3, -0.25) is 0 Å². The highest BCUT2D eigenvalue weighted by molar-refractivity contribution is 6.98. The van der Waals surface area contributed by atoms with E-state index >= 15 is 0 Å². The van der Waals surface area contributed by atoms with Crippen LogP contribution in [0, 0.1) is 0 Å². The summed E-state index contributed by atoms with van der Waals surface area (Å²) in [6.07, 6.45) is 12.1. The van der Waals surface area contributed by atoms with Gasteiger partial charge in [0.25, 0.3) is 0 Å². The van der Waals surface area contributed by atoms with Crippen molar-refractivity contribution in [3.63, 3.8) is 0 Å². The van der Waals surface area contributed by atoms with Gasteiger partial charge in [-0.25, -0.2) is 0 Å². The first-order valence-corrected chi connectivity index (χ1v) is 65.4. The smallest absolute Gasteiger partial charge is 0.391 e. The number of allylic oxidation sites excluding steroid dienone is 8. The molecule has 0 aliphatic carbocycles. The minimum atomic E-state index is -4.18. The van der Waals surface area contributed by atoms with E-state index in [9.17, 15) is 28.8 Å². The van der Waals surface area contributed by atoms with Crippen LogP contribution in [0.25, 0.3) is 0 Å². The molecule has 0 aromatic carbocycles. The van der Waals surface area contributed by atoms with Crippen LogP contribution in [0.2, 0.25) is 101 Å². The van der Waals surface area contributed by atoms with Crippen LogP contribution >= 0.6 is 0 Å². The van der Waals surface area contributed by atoms with Crippen molar-refractivity contribution in [2.24, 2.45) is 0 Å². The van der Waals surface area contributed by atoms with E-state index < -0.39 is 158 Å². The maximum absolute atomic E-state index is 11.7. The summed E-state index contributed by atoms with van der Waals surface area (Å²) in [5.74, 6) is 0. The monoisotopic (exact) mass is 1630 g/mol. The van der Waals surface area contributed by atoms with Crippen molar-refractivity contribution in [3.05, 3.63) is 126 Å². The van der Waals surface area contributed by atoms with Gasteiger partial charge in [-0.15, -0.1) is 59.2 Å². The molecule has 6 heterocycles. The van der Waals surface area contributed by atoms with Crippen LogP contribution in [0.4, 0.5) is 0 Å². The molecule has 0 radical (unpaired) electrons. The first kappa shape index (κ1) is 85.4. The normalized spacial score (nSPS) is 46.1. The molecule has 0 aromatic rings. The number of hydrogen-bond acceptors (Lipinski definition) is 33. The summed E-state index contributed by atoms with van der Waals surface area (Å²) in [5, 5.41) is 0. The van der Waals surface area contributed by atoms with Crippen molar-refractivity contribution in [2.45, 2.75) is 101 Å². The first-order chi connectivity index (χ1) is 42.8. The Kier molecular flexibility index (Phi) is 29.9. The van der Waals surface area contributed by atoms with Crippen LogP contribution in [0.3, 0.4) is 0 Å². The Labute approximate surface area is 565 Å². The van der Waals surface area contributed by atoms with E-state index in [2.05, 4.69) is 65.8 Å². The van der Waals surface area contributed by atoms with Crippen LogP contribution in [0.5, 0.6) is 0 Å². The Morgan fingerprint density at radius 1 is 0.269 bits per heavy atom. The lowest BCUT2D eigenvalue weighted by Gasteiger charge is -2.53. The topological polar surface area (TPSA) is 371 Å². The largest absolute Gasteiger partial charge is 0.511 e. The third-order valence-corrected chi connectivity index (χ3v) is 80.8. The molecule has 33 nitrogen and oxygen atoms in total. The highest BCUT2D eigenvalue weighted by Crippen LogP contribution is 2.45. The van der Waals surface area contributed by atoms with Gasteiger partial charge in [0.1, 0.15) is 0 Å². The van der Waals surface area contributed by atoms with Crippen molar-refractivity contribution in [2.75, 3.05) is 42.7 Å². The van der Waals surface area contributed by atoms with Gasteiger partial charge in [-0.2, -0.15) is 0 Å². The zero-order valence-corrected chi connectivity index (χ0v) is 73.2. The second kappa shape index (κ2) is 32.5. The fourth-order valence-corrected chi connectivity index (χ4v) is 87.3. The van der Waals surface area contributed by atoms with E-state index in [1.54, 1.807) is 44.4 Å². The molecule has 6 saturated heterocycles. The van der Waals surface area contributed by atoms with Crippen molar-refractivity contribution in [1.29, 1.82) is 0 Å². The van der Waals surface area contributed by atoms with Crippen LogP contribution in [0.15, 0.2) is 126 Å². The van der Waals surface area contributed by atoms with Crippen LogP contribution in [0.1, 0.15) is 0 Å². The Balaban J connectivity index is 0.000000302. The summed E-state index contributed by atoms with van der Waals surface area (Å²) in [5.41, 5.74) is 2.46. The molecular weight excluding hydrogens is 1540 g/mol. The molecule has 93 heavy (non-hydrogen) atoms. The third kappa shape index (κ3) is 22.5. The Morgan fingerprint density at radius 2 is 0.613 bits per heavy atom. The van der Waals surface area contributed by atoms with Crippen LogP contribution in [-0.2, 0) is 113 Å². The molecule has 6 N–H and O–H groups in total. The Hall–Kier alpha value is -0.0161. The summed E-state index contributed by atoms with van der Waals surface area (Å²) in [6.45, 7) is 49.5. The quantitative estimate of drug-likeness (QED) is 0.0585. The molecule has 18 unspecified atom stereocenters. The molecule has 0 spiro atoms. The van der Waals surface area contributed by atoms with Gasteiger partial charge in [-0.05, 0) is 11.4 Å². The second-order valence-electron chi connectivity index (χ2n) is 21.5. The standard InChI is InChI=1S/C20H38O11Si6.C12H30O11Si6.C10H26O11Si6/c1-9-15-32(21)25-34(23-7,17-11-3)29-37(20-14-6)28-33(22,16-10-2)26-35(24-8,18-12-4)30-36(27-32,31-37)19-13-5;1-9-11-28(14)20-26(7,16-4)22-29(12-10-2)18-24(5,13)17-25(6,15-3)19-27(8,21-28)23-29;1-9-26(12)18-24(7,14-4)20-27(10-2)16-22(5,11)15-23(6,13-3)17-25(8,19-26)21-27/h9-14,21-22H,1-6,15-20H2,7-8H3;9-10,13-14H,1-2,11-12H2,3-8H3;9-12H,1-2H2,3-8H3. The summed E-state index contributed by atoms with van der Waals surface area (Å²) >= 11 is 0.